The van der Waals surface area contributed by atoms with E-state index in [-0.39, 0.29) is 0 Å². The van der Waals surface area contributed by atoms with Gasteiger partial charge in [0.1, 0.15) is 0 Å². The van der Waals surface area contributed by atoms with Gasteiger partial charge in [-0.05, 0) is 52.5 Å². The molecule has 0 radical (unpaired) electrons. The van der Waals surface area contributed by atoms with E-state index in [4.69, 9.17) is 5.73 Å². The van der Waals surface area contributed by atoms with Gasteiger partial charge < -0.3 is 5.73 Å². The van der Waals surface area contributed by atoms with Crippen LogP contribution in [0.3, 0.4) is 0 Å². The Morgan fingerprint density at radius 1 is 1.06 bits per heavy atom. The zero-order chi connectivity index (χ0) is 12.4. The summed E-state index contributed by atoms with van der Waals surface area (Å²) in [5.74, 6) is 0.719. The molecule has 3 nitrogen and oxygen atoms in total. The highest BCUT2D eigenvalue weighted by Crippen LogP contribution is 2.25. The monoisotopic (exact) mass is 239 g/mol. The molecule has 2 saturated heterocycles. The normalized spacial score (nSPS) is 34.4. The Labute approximate surface area is 106 Å². The molecule has 2 aliphatic rings. The molecule has 100 valence electrons. The third kappa shape index (κ3) is 3.21. The first-order valence-corrected chi connectivity index (χ1v) is 7.31. The van der Waals surface area contributed by atoms with Gasteiger partial charge in [-0.25, -0.2) is 0 Å². The average Bonchev–Trinajstić information content (AvgIpc) is 2.78. The van der Waals surface area contributed by atoms with Crippen LogP contribution in [0.2, 0.25) is 0 Å². The maximum Gasteiger partial charge on any atom is 0.0235 e. The maximum atomic E-state index is 6.07. The average molecular weight is 239 g/mol. The first-order valence-electron chi connectivity index (χ1n) is 7.31. The largest absolute Gasteiger partial charge is 0.328 e. The zero-order valence-electron chi connectivity index (χ0n) is 11.7. The van der Waals surface area contributed by atoms with E-state index in [1.165, 1.54) is 45.4 Å². The van der Waals surface area contributed by atoms with Crippen molar-refractivity contribution in [3.8, 4) is 0 Å². The van der Waals surface area contributed by atoms with E-state index in [0.717, 1.165) is 12.0 Å². The summed E-state index contributed by atoms with van der Waals surface area (Å²) in [6, 6.07) is 1.85. The Morgan fingerprint density at radius 2 is 1.82 bits per heavy atom. The smallest absolute Gasteiger partial charge is 0.0235 e. The summed E-state index contributed by atoms with van der Waals surface area (Å²) in [5.41, 5.74) is 6.07. The van der Waals surface area contributed by atoms with Gasteiger partial charge in [0.25, 0.3) is 0 Å². The van der Waals surface area contributed by atoms with Crippen molar-refractivity contribution < 1.29 is 0 Å². The van der Waals surface area contributed by atoms with Crippen molar-refractivity contribution in [2.75, 3.05) is 26.2 Å². The van der Waals surface area contributed by atoms with Gasteiger partial charge in [-0.3, -0.25) is 9.80 Å². The summed E-state index contributed by atoms with van der Waals surface area (Å²) in [6.45, 7) is 11.9. The molecule has 2 N–H and O–H groups in total. The van der Waals surface area contributed by atoms with Crippen LogP contribution in [0.5, 0.6) is 0 Å². The molecule has 3 heteroatoms. The van der Waals surface area contributed by atoms with Crippen LogP contribution in [-0.2, 0) is 0 Å². The highest BCUT2D eigenvalue weighted by molar-refractivity contribution is 4.88. The lowest BCUT2D eigenvalue weighted by molar-refractivity contribution is 0.112. The first-order chi connectivity index (χ1) is 8.08. The van der Waals surface area contributed by atoms with E-state index >= 15 is 0 Å². The van der Waals surface area contributed by atoms with Crippen LogP contribution in [0.4, 0.5) is 0 Å². The van der Waals surface area contributed by atoms with E-state index in [1.807, 2.05) is 0 Å². The van der Waals surface area contributed by atoms with Gasteiger partial charge in [-0.1, -0.05) is 0 Å². The molecule has 0 aromatic heterocycles. The highest BCUT2D eigenvalue weighted by atomic mass is 15.3. The van der Waals surface area contributed by atoms with E-state index < -0.39 is 0 Å². The van der Waals surface area contributed by atoms with Gasteiger partial charge in [-0.2, -0.15) is 0 Å². The predicted octanol–water partition coefficient (Wildman–Crippen LogP) is 1.53. The van der Waals surface area contributed by atoms with Crippen molar-refractivity contribution in [1.82, 2.24) is 9.80 Å². The van der Waals surface area contributed by atoms with Gasteiger partial charge in [-0.15, -0.1) is 0 Å². The minimum absolute atomic E-state index is 0.361. The second-order valence-electron chi connectivity index (χ2n) is 6.29. The van der Waals surface area contributed by atoms with Crippen molar-refractivity contribution in [3.05, 3.63) is 0 Å². The Bertz CT molecular complexity index is 240. The van der Waals surface area contributed by atoms with Crippen LogP contribution in [0.1, 0.15) is 40.0 Å². The lowest BCUT2D eigenvalue weighted by Crippen LogP contribution is -2.48. The SMILES string of the molecule is CC(N)C1CCCN(C2CCN(C(C)C)C2)C1. The van der Waals surface area contributed by atoms with Crippen LogP contribution in [0.25, 0.3) is 0 Å². The molecule has 3 unspecified atom stereocenters. The van der Waals surface area contributed by atoms with Gasteiger partial charge in [0.05, 0.1) is 0 Å². The van der Waals surface area contributed by atoms with Crippen LogP contribution < -0.4 is 5.73 Å². The van der Waals surface area contributed by atoms with Crippen LogP contribution in [0.15, 0.2) is 0 Å². The van der Waals surface area contributed by atoms with E-state index in [0.29, 0.717) is 12.1 Å². The third-order valence-corrected chi connectivity index (χ3v) is 4.67. The molecule has 0 saturated carbocycles. The Balaban J connectivity index is 1.86. The van der Waals surface area contributed by atoms with Crippen LogP contribution in [0, 0.1) is 5.92 Å². The fourth-order valence-corrected chi connectivity index (χ4v) is 3.34. The summed E-state index contributed by atoms with van der Waals surface area (Å²) in [4.78, 5) is 5.32. The minimum atomic E-state index is 0.361. The Morgan fingerprint density at radius 3 is 2.41 bits per heavy atom. The molecule has 3 atom stereocenters. The minimum Gasteiger partial charge on any atom is -0.328 e. The second kappa shape index (κ2) is 5.68. The fourth-order valence-electron chi connectivity index (χ4n) is 3.34. The summed E-state index contributed by atoms with van der Waals surface area (Å²) in [7, 11) is 0. The van der Waals surface area contributed by atoms with E-state index in [1.54, 1.807) is 0 Å². The molecular formula is C14H29N3. The molecule has 2 aliphatic heterocycles. The fraction of sp³-hybridized carbons (Fsp3) is 1.00. The molecule has 0 amide bonds. The topological polar surface area (TPSA) is 32.5 Å². The molecule has 0 aromatic rings. The van der Waals surface area contributed by atoms with Crippen LogP contribution >= 0.6 is 0 Å². The standard InChI is InChI=1S/C14H29N3/c1-11(2)16-8-6-14(10-16)17-7-4-5-13(9-17)12(3)15/h11-14H,4-10,15H2,1-3H3. The number of nitrogens with zero attached hydrogens (tertiary/aromatic N) is 2. The van der Waals surface area contributed by atoms with Crippen LogP contribution in [-0.4, -0.2) is 54.1 Å². The molecule has 0 spiro atoms. The lowest BCUT2D eigenvalue weighted by atomic mass is 9.91. The second-order valence-corrected chi connectivity index (χ2v) is 6.29. The molecule has 17 heavy (non-hydrogen) atoms. The number of nitrogens with two attached hydrogens (primary N) is 1. The zero-order valence-corrected chi connectivity index (χ0v) is 11.7. The predicted molar refractivity (Wildman–Crippen MR) is 73.1 cm³/mol. The summed E-state index contributed by atoms with van der Waals surface area (Å²) >= 11 is 0. The van der Waals surface area contributed by atoms with Gasteiger partial charge >= 0.3 is 0 Å². The molecule has 2 fully saturated rings. The number of hydrogen-bond donors (Lipinski definition) is 1. The number of rotatable bonds is 3. The molecule has 2 heterocycles. The summed E-state index contributed by atoms with van der Waals surface area (Å²) < 4.78 is 0. The van der Waals surface area contributed by atoms with E-state index in [9.17, 15) is 0 Å². The first kappa shape index (κ1) is 13.3. The molecule has 2 rings (SSSR count). The van der Waals surface area contributed by atoms with Gasteiger partial charge in [0.2, 0.25) is 0 Å². The quantitative estimate of drug-likeness (QED) is 0.810. The molecule has 0 bridgehead atoms. The highest BCUT2D eigenvalue weighted by Gasteiger charge is 2.32. The maximum absolute atomic E-state index is 6.07. The Hall–Kier alpha value is -0.120. The molecule has 0 aliphatic carbocycles. The Kier molecular flexibility index (Phi) is 4.45. The van der Waals surface area contributed by atoms with Crippen molar-refractivity contribution in [1.29, 1.82) is 0 Å². The van der Waals surface area contributed by atoms with Crippen molar-refractivity contribution in [2.45, 2.75) is 58.2 Å². The van der Waals surface area contributed by atoms with Crippen molar-refractivity contribution in [3.63, 3.8) is 0 Å². The molecular weight excluding hydrogens is 210 g/mol. The summed E-state index contributed by atoms with van der Waals surface area (Å²) in [6.07, 6.45) is 4.02. The van der Waals surface area contributed by atoms with Crippen molar-refractivity contribution >= 4 is 0 Å². The number of piperidine rings is 1. The van der Waals surface area contributed by atoms with Crippen molar-refractivity contribution in [2.24, 2.45) is 11.7 Å². The van der Waals surface area contributed by atoms with Gasteiger partial charge in [0, 0.05) is 37.8 Å². The summed E-state index contributed by atoms with van der Waals surface area (Å²) in [5, 5.41) is 0. The lowest BCUT2D eigenvalue weighted by Gasteiger charge is -2.38. The van der Waals surface area contributed by atoms with Gasteiger partial charge in [0.15, 0.2) is 0 Å². The number of likely N-dealkylation sites (tertiary alicyclic amines) is 2. The number of hydrogen-bond acceptors (Lipinski definition) is 3. The third-order valence-electron chi connectivity index (χ3n) is 4.67. The molecule has 0 aromatic carbocycles. The van der Waals surface area contributed by atoms with E-state index in [2.05, 4.69) is 30.6 Å².